The molecule has 0 spiro atoms. The first-order chi connectivity index (χ1) is 8.35. The number of ketones is 1. The van der Waals surface area contributed by atoms with E-state index in [1.807, 2.05) is 0 Å². The van der Waals surface area contributed by atoms with Gasteiger partial charge in [-0.05, 0) is 18.0 Å². The number of alkyl halides is 2. The van der Waals surface area contributed by atoms with Gasteiger partial charge >= 0.3 is 0 Å². The van der Waals surface area contributed by atoms with E-state index in [2.05, 4.69) is 15.3 Å². The second kappa shape index (κ2) is 4.76. The highest BCUT2D eigenvalue weighted by molar-refractivity contribution is 6.28. The summed E-state index contributed by atoms with van der Waals surface area (Å²) in [7, 11) is 0. The molecule has 1 unspecified atom stereocenters. The smallest absolute Gasteiger partial charge is 0.250 e. The van der Waals surface area contributed by atoms with Crippen LogP contribution in [-0.4, -0.2) is 27.7 Å². The molecule has 1 heterocycles. The lowest BCUT2D eigenvalue weighted by Gasteiger charge is -2.13. The molecule has 0 amide bonds. The second-order valence-electron chi connectivity index (χ2n) is 4.40. The van der Waals surface area contributed by atoms with Crippen molar-refractivity contribution in [1.82, 2.24) is 9.97 Å². The van der Waals surface area contributed by atoms with Gasteiger partial charge in [-0.2, -0.15) is 0 Å². The van der Waals surface area contributed by atoms with Gasteiger partial charge in [-0.25, -0.2) is 18.7 Å². The van der Waals surface area contributed by atoms with Crippen molar-refractivity contribution in [2.45, 2.75) is 38.2 Å². The van der Waals surface area contributed by atoms with E-state index in [0.717, 1.165) is 0 Å². The predicted octanol–water partition coefficient (Wildman–Crippen LogP) is 2.93. The number of hydrogen-bond acceptors (Lipinski definition) is 4. The van der Waals surface area contributed by atoms with Crippen molar-refractivity contribution in [3.05, 3.63) is 17.0 Å². The lowest BCUT2D eigenvalue weighted by atomic mass is 10.2. The minimum Gasteiger partial charge on any atom is -0.367 e. The van der Waals surface area contributed by atoms with Crippen LogP contribution in [0.3, 0.4) is 0 Å². The normalized spacial score (nSPS) is 21.9. The van der Waals surface area contributed by atoms with Crippen LogP contribution in [0, 0.1) is 0 Å². The van der Waals surface area contributed by atoms with E-state index < -0.39 is 5.92 Å². The molecule has 1 fully saturated rings. The van der Waals surface area contributed by atoms with E-state index in [9.17, 15) is 13.6 Å². The van der Waals surface area contributed by atoms with Gasteiger partial charge in [0.2, 0.25) is 11.2 Å². The third kappa shape index (κ3) is 3.13. The number of Topliss-reactive ketones (excluding diaryl/α,β-unsaturated/α-hetero) is 1. The third-order valence-corrected chi connectivity index (χ3v) is 2.98. The maximum absolute atomic E-state index is 13.0. The number of halogens is 3. The van der Waals surface area contributed by atoms with Crippen LogP contribution in [-0.2, 0) is 0 Å². The maximum Gasteiger partial charge on any atom is 0.250 e. The summed E-state index contributed by atoms with van der Waals surface area (Å²) in [4.78, 5) is 18.8. The first-order valence-corrected chi connectivity index (χ1v) is 5.93. The van der Waals surface area contributed by atoms with Crippen LogP contribution in [0.4, 0.5) is 14.6 Å². The summed E-state index contributed by atoms with van der Waals surface area (Å²) in [5.74, 6) is -2.57. The second-order valence-corrected chi connectivity index (χ2v) is 4.74. The number of nitrogens with one attached hydrogen (secondary N) is 1. The van der Waals surface area contributed by atoms with Crippen LogP contribution >= 0.6 is 11.6 Å². The quantitative estimate of drug-likeness (QED) is 0.681. The van der Waals surface area contributed by atoms with Gasteiger partial charge in [0.1, 0.15) is 11.5 Å². The zero-order chi connectivity index (χ0) is 13.3. The van der Waals surface area contributed by atoms with Gasteiger partial charge in [-0.1, -0.05) is 0 Å². The minimum atomic E-state index is -2.63. The van der Waals surface area contributed by atoms with E-state index in [0.29, 0.717) is 12.2 Å². The fourth-order valence-electron chi connectivity index (χ4n) is 1.95. The highest BCUT2D eigenvalue weighted by Gasteiger charge is 2.39. The molecule has 2 rings (SSSR count). The molecule has 1 aliphatic rings. The summed E-state index contributed by atoms with van der Waals surface area (Å²) in [5.41, 5.74) is 0.169. The molecule has 18 heavy (non-hydrogen) atoms. The largest absolute Gasteiger partial charge is 0.367 e. The van der Waals surface area contributed by atoms with Crippen molar-refractivity contribution in [1.29, 1.82) is 0 Å². The predicted molar refractivity (Wildman–Crippen MR) is 63.3 cm³/mol. The van der Waals surface area contributed by atoms with Gasteiger partial charge in [-0.3, -0.25) is 4.79 Å². The molecular formula is C11H12ClF2N3O. The average molecular weight is 276 g/mol. The topological polar surface area (TPSA) is 54.9 Å². The molecule has 0 aromatic carbocycles. The van der Waals surface area contributed by atoms with Crippen LogP contribution in [0.1, 0.15) is 36.7 Å². The third-order valence-electron chi connectivity index (χ3n) is 2.82. The molecule has 1 atom stereocenters. The highest BCUT2D eigenvalue weighted by Crippen LogP contribution is 2.36. The monoisotopic (exact) mass is 275 g/mol. The molecule has 98 valence electrons. The van der Waals surface area contributed by atoms with Crippen molar-refractivity contribution in [2.75, 3.05) is 5.32 Å². The van der Waals surface area contributed by atoms with E-state index in [4.69, 9.17) is 11.6 Å². The Balaban J connectivity index is 2.12. The van der Waals surface area contributed by atoms with Crippen molar-refractivity contribution in [3.8, 4) is 0 Å². The average Bonchev–Trinajstić information content (AvgIpc) is 2.57. The van der Waals surface area contributed by atoms with Gasteiger partial charge in [0.05, 0.1) is 0 Å². The summed E-state index contributed by atoms with van der Waals surface area (Å²) in [5, 5.41) is 2.79. The molecule has 4 nitrogen and oxygen atoms in total. The Morgan fingerprint density at radius 1 is 1.56 bits per heavy atom. The van der Waals surface area contributed by atoms with Crippen LogP contribution in [0.25, 0.3) is 0 Å². The van der Waals surface area contributed by atoms with Crippen LogP contribution in [0.15, 0.2) is 6.07 Å². The molecule has 1 N–H and O–H groups in total. The molecule has 1 aromatic heterocycles. The number of anilines is 1. The standard InChI is InChI=1S/C11H12ClF2N3O/c1-6(18)8-4-9(17-10(12)16-8)15-7-2-3-11(13,14)5-7/h4,7H,2-3,5H2,1H3,(H,15,16,17). The summed E-state index contributed by atoms with van der Waals surface area (Å²) in [6, 6.07) is 1.07. The molecule has 0 radical (unpaired) electrons. The molecule has 1 aliphatic carbocycles. The lowest BCUT2D eigenvalue weighted by Crippen LogP contribution is -2.20. The molecule has 1 aromatic rings. The van der Waals surface area contributed by atoms with Gasteiger partial charge in [0.15, 0.2) is 5.78 Å². The molecule has 1 saturated carbocycles. The van der Waals surface area contributed by atoms with Gasteiger partial charge in [0, 0.05) is 31.9 Å². The Kier molecular flexibility index (Phi) is 3.47. The van der Waals surface area contributed by atoms with Crippen molar-refractivity contribution in [3.63, 3.8) is 0 Å². The Morgan fingerprint density at radius 2 is 2.28 bits per heavy atom. The zero-order valence-corrected chi connectivity index (χ0v) is 10.5. The fraction of sp³-hybridized carbons (Fsp3) is 0.545. The summed E-state index contributed by atoms with van der Waals surface area (Å²) >= 11 is 5.67. The Labute approximate surface area is 108 Å². The van der Waals surface area contributed by atoms with Gasteiger partial charge < -0.3 is 5.32 Å². The Hall–Kier alpha value is -1.30. The number of hydrogen-bond donors (Lipinski definition) is 1. The van der Waals surface area contributed by atoms with E-state index >= 15 is 0 Å². The van der Waals surface area contributed by atoms with E-state index in [1.165, 1.54) is 13.0 Å². The summed E-state index contributed by atoms with van der Waals surface area (Å²) in [6.07, 6.45) is -0.00288. The number of rotatable bonds is 3. The van der Waals surface area contributed by atoms with Gasteiger partial charge in [0.25, 0.3) is 0 Å². The highest BCUT2D eigenvalue weighted by atomic mass is 35.5. The summed E-state index contributed by atoms with van der Waals surface area (Å²) < 4.78 is 26.1. The number of aromatic nitrogens is 2. The van der Waals surface area contributed by atoms with Crippen LogP contribution in [0.5, 0.6) is 0 Å². The fourth-order valence-corrected chi connectivity index (χ4v) is 2.14. The van der Waals surface area contributed by atoms with E-state index in [-0.39, 0.29) is 35.6 Å². The number of carbonyl (C=O) groups excluding carboxylic acids is 1. The zero-order valence-electron chi connectivity index (χ0n) is 9.71. The molecule has 0 aliphatic heterocycles. The van der Waals surface area contributed by atoms with Crippen molar-refractivity contribution < 1.29 is 13.6 Å². The molecular weight excluding hydrogens is 264 g/mol. The minimum absolute atomic E-state index is 0.0741. The SMILES string of the molecule is CC(=O)c1cc(NC2CCC(F)(F)C2)nc(Cl)n1. The maximum atomic E-state index is 13.0. The van der Waals surface area contributed by atoms with E-state index in [1.54, 1.807) is 0 Å². The van der Waals surface area contributed by atoms with Gasteiger partial charge in [-0.15, -0.1) is 0 Å². The first-order valence-electron chi connectivity index (χ1n) is 5.56. The Bertz CT molecular complexity index is 481. The van der Waals surface area contributed by atoms with Crippen molar-refractivity contribution in [2.24, 2.45) is 0 Å². The Morgan fingerprint density at radius 3 is 2.83 bits per heavy atom. The summed E-state index contributed by atoms with van der Waals surface area (Å²) in [6.45, 7) is 1.35. The number of carbonyl (C=O) groups is 1. The molecule has 0 saturated heterocycles. The van der Waals surface area contributed by atoms with Crippen LogP contribution in [0.2, 0.25) is 5.28 Å². The molecule has 0 bridgehead atoms. The lowest BCUT2D eigenvalue weighted by molar-refractivity contribution is 0.00851. The van der Waals surface area contributed by atoms with Crippen LogP contribution < -0.4 is 5.32 Å². The number of nitrogens with zero attached hydrogens (tertiary/aromatic N) is 2. The van der Waals surface area contributed by atoms with Crippen molar-refractivity contribution >= 4 is 23.2 Å². The molecule has 7 heteroatoms. The first kappa shape index (κ1) is 13.1.